The summed E-state index contributed by atoms with van der Waals surface area (Å²) in [6, 6.07) is 4.42. The van der Waals surface area contributed by atoms with Gasteiger partial charge in [0.25, 0.3) is 11.5 Å². The van der Waals surface area contributed by atoms with E-state index in [1.807, 2.05) is 12.4 Å². The largest absolute Gasteiger partial charge is 0.501 e. The molecule has 1 aliphatic carbocycles. The van der Waals surface area contributed by atoms with Gasteiger partial charge in [-0.1, -0.05) is 12.1 Å². The molecule has 3 aliphatic heterocycles. The third-order valence-corrected chi connectivity index (χ3v) is 8.86. The van der Waals surface area contributed by atoms with E-state index in [0.29, 0.717) is 50.0 Å². The molecular formula is C29H36FN7O5. The van der Waals surface area contributed by atoms with E-state index in [2.05, 4.69) is 20.5 Å². The number of aromatic nitrogens is 2. The molecule has 1 saturated carbocycles. The Morgan fingerprint density at radius 2 is 1.86 bits per heavy atom. The molecule has 3 N–H and O–H groups in total. The van der Waals surface area contributed by atoms with Crippen LogP contribution < -0.4 is 16.2 Å². The molecular weight excluding hydrogens is 545 g/mol. The van der Waals surface area contributed by atoms with Crippen molar-refractivity contribution in [3.05, 3.63) is 69.4 Å². The van der Waals surface area contributed by atoms with Gasteiger partial charge in [-0.05, 0) is 49.8 Å². The zero-order chi connectivity index (χ0) is 30.4. The monoisotopic (exact) mass is 581 g/mol. The number of aromatic hydroxyl groups is 1. The van der Waals surface area contributed by atoms with Gasteiger partial charge in [0.15, 0.2) is 5.69 Å². The van der Waals surface area contributed by atoms with E-state index in [-0.39, 0.29) is 30.1 Å². The fourth-order valence-corrected chi connectivity index (χ4v) is 6.34. The number of hydrogen-bond acceptors (Lipinski definition) is 8. The summed E-state index contributed by atoms with van der Waals surface area (Å²) >= 11 is 0. The Morgan fingerprint density at radius 3 is 2.48 bits per heavy atom. The van der Waals surface area contributed by atoms with E-state index < -0.39 is 40.3 Å². The number of halogens is 1. The Kier molecular flexibility index (Phi) is 7.46. The summed E-state index contributed by atoms with van der Waals surface area (Å²) in [5.41, 5.74) is -1.73. The first-order valence-electron chi connectivity index (χ1n) is 13.9. The number of rotatable bonds is 6. The van der Waals surface area contributed by atoms with Crippen LogP contribution in [0.25, 0.3) is 0 Å². The molecule has 3 amide bonds. The first-order chi connectivity index (χ1) is 19.9. The van der Waals surface area contributed by atoms with Crippen molar-refractivity contribution in [1.29, 1.82) is 0 Å². The predicted octanol–water partition coefficient (Wildman–Crippen LogP) is 0.976. The molecule has 1 fully saturated rings. The molecule has 224 valence electrons. The van der Waals surface area contributed by atoms with Gasteiger partial charge in [0.1, 0.15) is 17.2 Å². The Labute approximate surface area is 242 Å². The van der Waals surface area contributed by atoms with Gasteiger partial charge >= 0.3 is 11.8 Å². The van der Waals surface area contributed by atoms with Crippen LogP contribution in [0.1, 0.15) is 53.1 Å². The Morgan fingerprint density at radius 1 is 1.14 bits per heavy atom. The highest BCUT2D eigenvalue weighted by molar-refractivity contribution is 6.34. The van der Waals surface area contributed by atoms with Crippen molar-refractivity contribution >= 4 is 17.7 Å². The zero-order valence-electron chi connectivity index (χ0n) is 24.2. The molecule has 42 heavy (non-hydrogen) atoms. The number of likely N-dealkylation sites (N-methyl/N-ethyl adjacent to an activating group) is 2. The van der Waals surface area contributed by atoms with Crippen molar-refractivity contribution in [1.82, 2.24) is 34.9 Å². The summed E-state index contributed by atoms with van der Waals surface area (Å²) in [5.74, 6) is -3.26. The van der Waals surface area contributed by atoms with Crippen molar-refractivity contribution < 1.29 is 23.9 Å². The maximum absolute atomic E-state index is 13.8. The highest BCUT2D eigenvalue weighted by atomic mass is 19.1. The van der Waals surface area contributed by atoms with Crippen LogP contribution in [0, 0.1) is 18.2 Å². The lowest BCUT2D eigenvalue weighted by atomic mass is 9.67. The number of nitrogens with zero attached hydrogens (tertiary/aromatic N) is 5. The van der Waals surface area contributed by atoms with Gasteiger partial charge in [-0.15, -0.1) is 0 Å². The summed E-state index contributed by atoms with van der Waals surface area (Å²) in [5, 5.41) is 16.8. The summed E-state index contributed by atoms with van der Waals surface area (Å²) in [6.45, 7) is 3.11. The first kappa shape index (κ1) is 29.1. The fraction of sp³-hybridized carbons (Fsp3) is 0.483. The molecule has 0 saturated heterocycles. The average Bonchev–Trinajstić information content (AvgIpc) is 3.38. The topological polar surface area (TPSA) is 140 Å². The fourth-order valence-electron chi connectivity index (χ4n) is 6.34. The Bertz CT molecular complexity index is 1530. The number of carbonyl (C=O) groups excluding carboxylic acids is 3. The standard InChI is InChI=1S/C29H36FN7O5/c1-18-13-19(5-6-20(18)30)14-32-23(39)21-22(38)24(40)37-16-28(15-36-12-11-31-17-36)7-9-29(10-8-28,27(37)33-21)35(4)26(42)25(41)34(2)3/h5-6,11-13,31,38H,7-10,14-17H2,1-4H3,(H,32,39). The van der Waals surface area contributed by atoms with Gasteiger partial charge in [-0.25, -0.2) is 9.37 Å². The molecule has 0 radical (unpaired) electrons. The molecule has 4 heterocycles. The lowest BCUT2D eigenvalue weighted by Gasteiger charge is -2.47. The SMILES string of the molecule is Cc1cc(CNC(=O)c2nc3n(c(=O)c2O)CC2(CN4C=CNC4)CCC3(N(C)C(=O)C(=O)N(C)C)CC2)ccc1F. The molecule has 6 rings (SSSR count). The van der Waals surface area contributed by atoms with Gasteiger partial charge in [-0.2, -0.15) is 0 Å². The number of hydrogen-bond donors (Lipinski definition) is 3. The minimum Gasteiger partial charge on any atom is -0.501 e. The second kappa shape index (κ2) is 10.8. The number of nitrogens with one attached hydrogen (secondary N) is 2. The Balaban J connectivity index is 1.56. The number of benzene rings is 1. The van der Waals surface area contributed by atoms with Crippen LogP contribution in [0.3, 0.4) is 0 Å². The van der Waals surface area contributed by atoms with E-state index in [4.69, 9.17) is 0 Å². The van der Waals surface area contributed by atoms with E-state index in [0.717, 1.165) is 0 Å². The molecule has 1 aromatic carbocycles. The lowest BCUT2D eigenvalue weighted by Crippen LogP contribution is -2.55. The number of carbonyl (C=O) groups is 3. The van der Waals surface area contributed by atoms with Crippen molar-refractivity contribution in [3.8, 4) is 5.75 Å². The van der Waals surface area contributed by atoms with Crippen molar-refractivity contribution in [2.45, 2.75) is 51.2 Å². The molecule has 2 aromatic rings. The zero-order valence-corrected chi connectivity index (χ0v) is 24.2. The Hall–Kier alpha value is -4.42. The second-order valence-electron chi connectivity index (χ2n) is 11.8. The van der Waals surface area contributed by atoms with Gasteiger partial charge in [-0.3, -0.25) is 23.7 Å². The van der Waals surface area contributed by atoms with Crippen LogP contribution in [0.4, 0.5) is 4.39 Å². The van der Waals surface area contributed by atoms with Crippen LogP contribution in [-0.2, 0) is 28.2 Å². The molecule has 1 aromatic heterocycles. The lowest BCUT2D eigenvalue weighted by molar-refractivity contribution is -0.155. The third kappa shape index (κ3) is 4.96. The van der Waals surface area contributed by atoms with Gasteiger partial charge in [0.05, 0.1) is 6.67 Å². The molecule has 2 bridgehead atoms. The van der Waals surface area contributed by atoms with Crippen LogP contribution >= 0.6 is 0 Å². The highest BCUT2D eigenvalue weighted by Crippen LogP contribution is 2.52. The van der Waals surface area contributed by atoms with E-state index in [1.54, 1.807) is 13.0 Å². The summed E-state index contributed by atoms with van der Waals surface area (Å²) in [4.78, 5) is 62.4. The molecule has 0 atom stereocenters. The summed E-state index contributed by atoms with van der Waals surface area (Å²) in [7, 11) is 4.50. The summed E-state index contributed by atoms with van der Waals surface area (Å²) in [6.07, 6.45) is 5.87. The molecule has 13 heteroatoms. The third-order valence-electron chi connectivity index (χ3n) is 8.86. The molecule has 0 unspecified atom stereocenters. The predicted molar refractivity (Wildman–Crippen MR) is 150 cm³/mol. The molecule has 4 aliphatic rings. The van der Waals surface area contributed by atoms with E-state index in [1.165, 1.54) is 47.6 Å². The molecule has 12 nitrogen and oxygen atoms in total. The van der Waals surface area contributed by atoms with E-state index >= 15 is 0 Å². The number of aryl methyl sites for hydroxylation is 1. The maximum atomic E-state index is 13.8. The van der Waals surface area contributed by atoms with Crippen LogP contribution in [0.2, 0.25) is 0 Å². The number of amides is 3. The first-order valence-corrected chi connectivity index (χ1v) is 13.9. The van der Waals surface area contributed by atoms with Gasteiger partial charge in [0, 0.05) is 58.6 Å². The number of fused-ring (bicyclic) bond motifs is 2. The van der Waals surface area contributed by atoms with Crippen molar-refractivity contribution in [3.63, 3.8) is 0 Å². The van der Waals surface area contributed by atoms with Crippen molar-refractivity contribution in [2.75, 3.05) is 34.4 Å². The quantitative estimate of drug-likeness (QED) is 0.429. The van der Waals surface area contributed by atoms with Crippen LogP contribution in [0.15, 0.2) is 35.4 Å². The minimum atomic E-state index is -1.15. The second-order valence-corrected chi connectivity index (χ2v) is 11.8. The van der Waals surface area contributed by atoms with E-state index in [9.17, 15) is 28.7 Å². The van der Waals surface area contributed by atoms with Crippen molar-refractivity contribution in [2.24, 2.45) is 5.41 Å². The van der Waals surface area contributed by atoms with Gasteiger partial charge < -0.3 is 30.4 Å². The van der Waals surface area contributed by atoms with Gasteiger partial charge in [0.2, 0.25) is 5.75 Å². The average molecular weight is 582 g/mol. The smallest absolute Gasteiger partial charge is 0.312 e. The maximum Gasteiger partial charge on any atom is 0.312 e. The summed E-state index contributed by atoms with van der Waals surface area (Å²) < 4.78 is 15.1. The molecule has 0 spiro atoms. The van der Waals surface area contributed by atoms with Crippen LogP contribution in [0.5, 0.6) is 5.75 Å². The van der Waals surface area contributed by atoms with Crippen LogP contribution in [-0.4, -0.2) is 81.4 Å². The minimum absolute atomic E-state index is 0.0147. The normalized spacial score (nSPS) is 22.3. The highest BCUT2D eigenvalue weighted by Gasteiger charge is 2.54.